The molecular weight excluding hydrogens is 232 g/mol. The lowest BCUT2D eigenvalue weighted by Crippen LogP contribution is -2.19. The normalized spacial score (nSPS) is 10.4. The van der Waals surface area contributed by atoms with Gasteiger partial charge in [0, 0.05) is 19.5 Å². The van der Waals surface area contributed by atoms with Gasteiger partial charge in [0.1, 0.15) is 12.4 Å². The Bertz CT molecular complexity index is 583. The van der Waals surface area contributed by atoms with Gasteiger partial charge in [0.15, 0.2) is 0 Å². The van der Waals surface area contributed by atoms with Crippen LogP contribution in [-0.2, 0) is 4.79 Å². The van der Waals surface area contributed by atoms with E-state index in [1.807, 2.05) is 43.3 Å². The first kappa shape index (κ1) is 12.3. The van der Waals surface area contributed by atoms with E-state index >= 15 is 0 Å². The van der Waals surface area contributed by atoms with Crippen LogP contribution in [0.25, 0.3) is 10.9 Å². The molecule has 6 heteroatoms. The number of fused-ring (bicyclic) bond motifs is 1. The maximum Gasteiger partial charge on any atom is 0.252 e. The van der Waals surface area contributed by atoms with Gasteiger partial charge in [-0.1, -0.05) is 12.1 Å². The molecule has 1 aromatic heterocycles. The van der Waals surface area contributed by atoms with Crippen LogP contribution in [0.4, 0.5) is 11.8 Å². The predicted molar refractivity (Wildman–Crippen MR) is 69.6 cm³/mol. The molecule has 18 heavy (non-hydrogen) atoms. The summed E-state index contributed by atoms with van der Waals surface area (Å²) >= 11 is 0. The third-order valence-corrected chi connectivity index (χ3v) is 2.40. The maximum absolute atomic E-state index is 11.1. The van der Waals surface area contributed by atoms with Crippen molar-refractivity contribution in [2.24, 2.45) is 0 Å². The Morgan fingerprint density at radius 1 is 1.33 bits per heavy atom. The highest BCUT2D eigenvalue weighted by atomic mass is 16.3. The van der Waals surface area contributed by atoms with Crippen LogP contribution in [0.1, 0.15) is 0 Å². The summed E-state index contributed by atoms with van der Waals surface area (Å²) in [6, 6.07) is 7.54. The molecule has 6 nitrogen and oxygen atoms in total. The van der Waals surface area contributed by atoms with E-state index in [-0.39, 0.29) is 5.95 Å². The van der Waals surface area contributed by atoms with Crippen molar-refractivity contribution in [1.82, 2.24) is 9.97 Å². The molecule has 0 saturated heterocycles. The van der Waals surface area contributed by atoms with Gasteiger partial charge in [0.25, 0.3) is 5.91 Å². The first-order chi connectivity index (χ1) is 8.61. The number of carbonyl (C=O) groups is 1. The Morgan fingerprint density at radius 2 is 2.06 bits per heavy atom. The van der Waals surface area contributed by atoms with Crippen LogP contribution in [0.5, 0.6) is 0 Å². The first-order valence-electron chi connectivity index (χ1n) is 5.46. The quantitative estimate of drug-likeness (QED) is 0.830. The molecule has 1 heterocycles. The smallest absolute Gasteiger partial charge is 0.252 e. The molecule has 0 unspecified atom stereocenters. The molecule has 94 valence electrons. The van der Waals surface area contributed by atoms with Gasteiger partial charge < -0.3 is 10.0 Å². The molecule has 1 amide bonds. The fourth-order valence-electron chi connectivity index (χ4n) is 1.62. The average Bonchev–Trinajstić information content (AvgIpc) is 2.37. The monoisotopic (exact) mass is 246 g/mol. The number of anilines is 2. The summed E-state index contributed by atoms with van der Waals surface area (Å²) < 4.78 is 0. The topological polar surface area (TPSA) is 78.4 Å². The highest BCUT2D eigenvalue weighted by Gasteiger charge is 2.10. The highest BCUT2D eigenvalue weighted by molar-refractivity contribution is 5.94. The van der Waals surface area contributed by atoms with Crippen LogP contribution in [0.3, 0.4) is 0 Å². The average molecular weight is 246 g/mol. The fourth-order valence-corrected chi connectivity index (χ4v) is 1.62. The molecule has 0 aliphatic rings. The van der Waals surface area contributed by atoms with Gasteiger partial charge in [-0.25, -0.2) is 4.98 Å². The molecule has 2 rings (SSSR count). The molecule has 0 aliphatic carbocycles. The predicted octanol–water partition coefficient (Wildman–Crippen LogP) is 0.627. The van der Waals surface area contributed by atoms with E-state index in [1.165, 1.54) is 0 Å². The van der Waals surface area contributed by atoms with Gasteiger partial charge in [-0.2, -0.15) is 4.98 Å². The lowest BCUT2D eigenvalue weighted by Gasteiger charge is -2.15. The molecule has 2 aromatic rings. The van der Waals surface area contributed by atoms with Gasteiger partial charge in [-0.15, -0.1) is 0 Å². The lowest BCUT2D eigenvalue weighted by atomic mass is 10.2. The number of nitrogens with zero attached hydrogens (tertiary/aromatic N) is 3. The maximum atomic E-state index is 11.1. The second kappa shape index (κ2) is 4.97. The molecule has 0 atom stereocenters. The van der Waals surface area contributed by atoms with E-state index in [0.29, 0.717) is 5.82 Å². The number of para-hydroxylation sites is 1. The number of benzene rings is 1. The molecule has 1 aromatic carbocycles. The summed E-state index contributed by atoms with van der Waals surface area (Å²) in [5, 5.41) is 12.1. The van der Waals surface area contributed by atoms with Crippen molar-refractivity contribution in [2.75, 3.05) is 30.9 Å². The molecule has 0 radical (unpaired) electrons. The first-order valence-corrected chi connectivity index (χ1v) is 5.46. The molecule has 0 aliphatic heterocycles. The summed E-state index contributed by atoms with van der Waals surface area (Å²) in [5.74, 6) is 0.375. The molecule has 0 bridgehead atoms. The van der Waals surface area contributed by atoms with Gasteiger partial charge in [-0.05, 0) is 12.1 Å². The third-order valence-electron chi connectivity index (χ3n) is 2.40. The van der Waals surface area contributed by atoms with E-state index in [2.05, 4.69) is 15.3 Å². The number of nitrogens with one attached hydrogen (secondary N) is 1. The van der Waals surface area contributed by atoms with Gasteiger partial charge in [0.2, 0.25) is 5.95 Å². The third kappa shape index (κ3) is 2.38. The van der Waals surface area contributed by atoms with Crippen molar-refractivity contribution in [3.05, 3.63) is 24.3 Å². The van der Waals surface area contributed by atoms with E-state index in [4.69, 9.17) is 5.11 Å². The summed E-state index contributed by atoms with van der Waals surface area (Å²) in [5.41, 5.74) is 0.740. The van der Waals surface area contributed by atoms with E-state index in [0.717, 1.165) is 10.9 Å². The Kier molecular flexibility index (Phi) is 3.38. The minimum atomic E-state index is -0.590. The van der Waals surface area contributed by atoms with Crippen molar-refractivity contribution in [3.63, 3.8) is 0 Å². The zero-order valence-electron chi connectivity index (χ0n) is 10.2. The molecule has 0 saturated carbocycles. The number of aromatic nitrogens is 2. The second-order valence-electron chi connectivity index (χ2n) is 3.99. The molecule has 0 spiro atoms. The zero-order chi connectivity index (χ0) is 13.1. The van der Waals surface area contributed by atoms with Crippen molar-refractivity contribution in [1.29, 1.82) is 0 Å². The van der Waals surface area contributed by atoms with Crippen LogP contribution in [0, 0.1) is 0 Å². The minimum Gasteiger partial charge on any atom is -0.387 e. The van der Waals surface area contributed by atoms with Crippen LogP contribution >= 0.6 is 0 Å². The Balaban J connectivity index is 2.53. The number of hydrogen-bond donors (Lipinski definition) is 2. The number of rotatable bonds is 3. The largest absolute Gasteiger partial charge is 0.387 e. The number of amides is 1. The van der Waals surface area contributed by atoms with E-state index < -0.39 is 12.5 Å². The van der Waals surface area contributed by atoms with E-state index in [1.54, 1.807) is 0 Å². The second-order valence-corrected chi connectivity index (χ2v) is 3.99. The Morgan fingerprint density at radius 3 is 2.72 bits per heavy atom. The summed E-state index contributed by atoms with van der Waals surface area (Å²) in [6.45, 7) is -0.590. The van der Waals surface area contributed by atoms with Gasteiger partial charge >= 0.3 is 0 Å². The van der Waals surface area contributed by atoms with Crippen LogP contribution in [-0.4, -0.2) is 41.7 Å². The van der Waals surface area contributed by atoms with Crippen molar-refractivity contribution in [2.45, 2.75) is 0 Å². The number of carbonyl (C=O) groups excluding carboxylic acids is 1. The standard InChI is InChI=1S/C12H14N4O2/c1-16(2)11-8-5-3-4-6-9(8)13-12(15-11)14-10(18)7-17/h3-6,17H,7H2,1-2H3,(H,13,14,15,18). The van der Waals surface area contributed by atoms with Crippen LogP contribution < -0.4 is 10.2 Å². The van der Waals surface area contributed by atoms with Gasteiger partial charge in [0.05, 0.1) is 5.52 Å². The fraction of sp³-hybridized carbons (Fsp3) is 0.250. The number of aliphatic hydroxyl groups is 1. The van der Waals surface area contributed by atoms with Gasteiger partial charge in [-0.3, -0.25) is 10.1 Å². The Labute approximate surface area is 104 Å². The highest BCUT2D eigenvalue weighted by Crippen LogP contribution is 2.23. The summed E-state index contributed by atoms with van der Waals surface area (Å²) in [6.07, 6.45) is 0. The molecule has 0 fully saturated rings. The zero-order valence-corrected chi connectivity index (χ0v) is 10.2. The molecule has 2 N–H and O–H groups in total. The Hall–Kier alpha value is -2.21. The lowest BCUT2D eigenvalue weighted by molar-refractivity contribution is -0.118. The van der Waals surface area contributed by atoms with Crippen molar-refractivity contribution >= 4 is 28.6 Å². The van der Waals surface area contributed by atoms with Crippen molar-refractivity contribution < 1.29 is 9.90 Å². The van der Waals surface area contributed by atoms with Crippen LogP contribution in [0.15, 0.2) is 24.3 Å². The van der Waals surface area contributed by atoms with Crippen LogP contribution in [0.2, 0.25) is 0 Å². The molecular formula is C12H14N4O2. The van der Waals surface area contributed by atoms with E-state index in [9.17, 15) is 4.79 Å². The minimum absolute atomic E-state index is 0.191. The SMILES string of the molecule is CN(C)c1nc(NC(=O)CO)nc2ccccc12. The summed E-state index contributed by atoms with van der Waals surface area (Å²) in [7, 11) is 3.73. The number of aliphatic hydroxyl groups excluding tert-OH is 1. The van der Waals surface area contributed by atoms with Crippen molar-refractivity contribution in [3.8, 4) is 0 Å². The number of hydrogen-bond acceptors (Lipinski definition) is 5. The summed E-state index contributed by atoms with van der Waals surface area (Å²) in [4.78, 5) is 21.5.